The van der Waals surface area contributed by atoms with Crippen molar-refractivity contribution in [2.45, 2.75) is 13.5 Å². The summed E-state index contributed by atoms with van der Waals surface area (Å²) in [6.45, 7) is 2.37. The molecule has 0 bridgehead atoms. The number of hydrogen-bond acceptors (Lipinski definition) is 2. The highest BCUT2D eigenvalue weighted by atomic mass is 79.9. The van der Waals surface area contributed by atoms with Crippen LogP contribution in [0.15, 0.2) is 40.9 Å². The molecular weight excluding hydrogens is 325 g/mol. The Bertz CT molecular complexity index is 641. The number of halogens is 2. The molecule has 2 rings (SSSR count). The number of nitrogens with one attached hydrogen (secondary N) is 1. The van der Waals surface area contributed by atoms with Gasteiger partial charge in [0.15, 0.2) is 0 Å². The molecule has 0 aliphatic rings. The highest BCUT2D eigenvalue weighted by Gasteiger charge is 2.06. The zero-order valence-corrected chi connectivity index (χ0v) is 12.4. The Labute approximate surface area is 124 Å². The van der Waals surface area contributed by atoms with E-state index in [0.29, 0.717) is 11.0 Å². The Morgan fingerprint density at radius 1 is 1.30 bits per heavy atom. The molecule has 5 heteroatoms. The zero-order valence-electron chi connectivity index (χ0n) is 10.8. The van der Waals surface area contributed by atoms with Crippen molar-refractivity contribution in [1.29, 1.82) is 0 Å². The number of rotatable bonds is 4. The Morgan fingerprint density at radius 3 is 2.55 bits per heavy atom. The molecule has 0 unspecified atom stereocenters. The maximum Gasteiger partial charge on any atom is 0.335 e. The molecular formula is C15H13BrFNO2. The maximum atomic E-state index is 13.3. The Balaban J connectivity index is 2.09. The molecule has 2 aromatic rings. The van der Waals surface area contributed by atoms with E-state index < -0.39 is 5.97 Å². The molecule has 0 spiro atoms. The van der Waals surface area contributed by atoms with Crippen molar-refractivity contribution in [3.63, 3.8) is 0 Å². The predicted octanol–water partition coefficient (Wildman–Crippen LogP) is 4.21. The standard InChI is InChI=1S/C15H13BrFNO2/c1-9-6-13(17)12(16)7-14(9)18-8-10-2-4-11(5-3-10)15(19)20/h2-7,18H,8H2,1H3,(H,19,20). The van der Waals surface area contributed by atoms with Gasteiger partial charge in [0.05, 0.1) is 10.0 Å². The van der Waals surface area contributed by atoms with Gasteiger partial charge in [-0.2, -0.15) is 0 Å². The lowest BCUT2D eigenvalue weighted by atomic mass is 10.1. The zero-order chi connectivity index (χ0) is 14.7. The first kappa shape index (κ1) is 14.5. The van der Waals surface area contributed by atoms with E-state index in [4.69, 9.17) is 5.11 Å². The van der Waals surface area contributed by atoms with Gasteiger partial charge in [-0.3, -0.25) is 0 Å². The minimum absolute atomic E-state index is 0.259. The lowest BCUT2D eigenvalue weighted by molar-refractivity contribution is 0.0697. The lowest BCUT2D eigenvalue weighted by Crippen LogP contribution is -2.03. The highest BCUT2D eigenvalue weighted by Crippen LogP contribution is 2.24. The number of anilines is 1. The average molecular weight is 338 g/mol. The second-order valence-corrected chi connectivity index (χ2v) is 5.29. The van der Waals surface area contributed by atoms with Crippen molar-refractivity contribution in [3.05, 3.63) is 63.4 Å². The largest absolute Gasteiger partial charge is 0.478 e. The van der Waals surface area contributed by atoms with E-state index in [-0.39, 0.29) is 11.4 Å². The summed E-state index contributed by atoms with van der Waals surface area (Å²) < 4.78 is 13.7. The van der Waals surface area contributed by atoms with Crippen LogP contribution in [-0.2, 0) is 6.54 Å². The third-order valence-electron chi connectivity index (χ3n) is 2.95. The summed E-state index contributed by atoms with van der Waals surface area (Å²) in [5.41, 5.74) is 2.86. The van der Waals surface area contributed by atoms with Gasteiger partial charge >= 0.3 is 5.97 Å². The topological polar surface area (TPSA) is 49.3 Å². The van der Waals surface area contributed by atoms with E-state index in [1.54, 1.807) is 30.3 Å². The molecule has 3 nitrogen and oxygen atoms in total. The second kappa shape index (κ2) is 6.05. The SMILES string of the molecule is Cc1cc(F)c(Br)cc1NCc1ccc(C(=O)O)cc1. The third-order valence-corrected chi connectivity index (χ3v) is 3.56. The fraction of sp³-hybridized carbons (Fsp3) is 0.133. The summed E-state index contributed by atoms with van der Waals surface area (Å²) in [5.74, 6) is -1.23. The van der Waals surface area contributed by atoms with Crippen LogP contribution in [0.1, 0.15) is 21.5 Å². The van der Waals surface area contributed by atoms with Crippen LogP contribution in [0.3, 0.4) is 0 Å². The normalized spacial score (nSPS) is 10.3. The van der Waals surface area contributed by atoms with Crippen molar-refractivity contribution in [1.82, 2.24) is 0 Å². The van der Waals surface area contributed by atoms with Crippen LogP contribution < -0.4 is 5.32 Å². The van der Waals surface area contributed by atoms with Crippen molar-refractivity contribution in [3.8, 4) is 0 Å². The smallest absolute Gasteiger partial charge is 0.335 e. The number of carboxylic acids is 1. The van der Waals surface area contributed by atoms with E-state index in [1.165, 1.54) is 6.07 Å². The number of aryl methyl sites for hydroxylation is 1. The van der Waals surface area contributed by atoms with Crippen molar-refractivity contribution >= 4 is 27.6 Å². The second-order valence-electron chi connectivity index (χ2n) is 4.44. The van der Waals surface area contributed by atoms with Crippen LogP contribution in [0.2, 0.25) is 0 Å². The molecule has 0 heterocycles. The molecule has 0 saturated heterocycles. The Hall–Kier alpha value is -1.88. The molecule has 104 valence electrons. The van der Waals surface area contributed by atoms with Gasteiger partial charge in [0.2, 0.25) is 0 Å². The number of carbonyl (C=O) groups is 1. The lowest BCUT2D eigenvalue weighted by Gasteiger charge is -2.11. The van der Waals surface area contributed by atoms with Crippen molar-refractivity contribution in [2.75, 3.05) is 5.32 Å². The van der Waals surface area contributed by atoms with Crippen molar-refractivity contribution in [2.24, 2.45) is 0 Å². The molecule has 0 aromatic heterocycles. The van der Waals surface area contributed by atoms with Gasteiger partial charge in [0.25, 0.3) is 0 Å². The number of benzene rings is 2. The molecule has 0 aliphatic heterocycles. The number of aromatic carboxylic acids is 1. The van der Waals surface area contributed by atoms with Crippen LogP contribution in [0, 0.1) is 12.7 Å². The molecule has 20 heavy (non-hydrogen) atoms. The minimum Gasteiger partial charge on any atom is -0.478 e. The van der Waals surface area contributed by atoms with E-state index >= 15 is 0 Å². The first-order chi connectivity index (χ1) is 9.47. The summed E-state index contributed by atoms with van der Waals surface area (Å²) in [5, 5.41) is 12.0. The summed E-state index contributed by atoms with van der Waals surface area (Å²) in [6.07, 6.45) is 0. The molecule has 0 atom stereocenters. The molecule has 2 N–H and O–H groups in total. The summed E-state index contributed by atoms with van der Waals surface area (Å²) >= 11 is 3.15. The Kier molecular flexibility index (Phi) is 4.39. The first-order valence-corrected chi connectivity index (χ1v) is 6.78. The summed E-state index contributed by atoms with van der Waals surface area (Å²) in [7, 11) is 0. The summed E-state index contributed by atoms with van der Waals surface area (Å²) in [6, 6.07) is 9.78. The number of carboxylic acid groups (broad SMARTS) is 1. The molecule has 0 amide bonds. The van der Waals surface area contributed by atoms with E-state index in [1.807, 2.05) is 6.92 Å². The van der Waals surface area contributed by atoms with Crippen LogP contribution in [0.4, 0.5) is 10.1 Å². The van der Waals surface area contributed by atoms with Gasteiger partial charge in [-0.15, -0.1) is 0 Å². The van der Waals surface area contributed by atoms with Crippen LogP contribution in [-0.4, -0.2) is 11.1 Å². The van der Waals surface area contributed by atoms with E-state index in [0.717, 1.165) is 16.8 Å². The fourth-order valence-electron chi connectivity index (χ4n) is 1.80. The molecule has 0 saturated carbocycles. The van der Waals surface area contributed by atoms with Crippen LogP contribution in [0.5, 0.6) is 0 Å². The monoisotopic (exact) mass is 337 g/mol. The van der Waals surface area contributed by atoms with Gasteiger partial charge in [-0.25, -0.2) is 9.18 Å². The highest BCUT2D eigenvalue weighted by molar-refractivity contribution is 9.10. The third kappa shape index (κ3) is 3.36. The maximum absolute atomic E-state index is 13.3. The van der Waals surface area contributed by atoms with E-state index in [2.05, 4.69) is 21.2 Å². The minimum atomic E-state index is -0.942. The molecule has 0 fully saturated rings. The van der Waals surface area contributed by atoms with Gasteiger partial charge < -0.3 is 10.4 Å². The predicted molar refractivity (Wildman–Crippen MR) is 79.6 cm³/mol. The van der Waals surface area contributed by atoms with Crippen LogP contribution >= 0.6 is 15.9 Å². The molecule has 0 aliphatic carbocycles. The van der Waals surface area contributed by atoms with Crippen LogP contribution in [0.25, 0.3) is 0 Å². The number of hydrogen-bond donors (Lipinski definition) is 2. The molecule has 0 radical (unpaired) electrons. The molecule has 2 aromatic carbocycles. The quantitative estimate of drug-likeness (QED) is 0.878. The van der Waals surface area contributed by atoms with Gasteiger partial charge in [-0.05, 0) is 58.2 Å². The van der Waals surface area contributed by atoms with Gasteiger partial charge in [0.1, 0.15) is 5.82 Å². The fourth-order valence-corrected chi connectivity index (χ4v) is 2.14. The van der Waals surface area contributed by atoms with E-state index in [9.17, 15) is 9.18 Å². The summed E-state index contributed by atoms with van der Waals surface area (Å²) in [4.78, 5) is 10.7. The van der Waals surface area contributed by atoms with Crippen molar-refractivity contribution < 1.29 is 14.3 Å². The van der Waals surface area contributed by atoms with Gasteiger partial charge in [-0.1, -0.05) is 12.1 Å². The average Bonchev–Trinajstić information content (AvgIpc) is 2.42. The van der Waals surface area contributed by atoms with Gasteiger partial charge in [0, 0.05) is 12.2 Å². The first-order valence-electron chi connectivity index (χ1n) is 5.99. The Morgan fingerprint density at radius 2 is 1.95 bits per heavy atom.